The zero-order chi connectivity index (χ0) is 19.5. The second-order valence-electron chi connectivity index (χ2n) is 5.28. The van der Waals surface area contributed by atoms with Crippen LogP contribution in [0.25, 0.3) is 22.3 Å². The highest BCUT2D eigenvalue weighted by Gasteiger charge is 2.38. The fraction of sp³-hybridized carbons (Fsp3) is 0.188. The van der Waals surface area contributed by atoms with Crippen LogP contribution in [0.3, 0.4) is 0 Å². The number of H-pyrrole nitrogens is 1. The molecule has 0 aliphatic heterocycles. The van der Waals surface area contributed by atoms with Crippen LogP contribution in [0, 0.1) is 0 Å². The fourth-order valence-electron chi connectivity index (χ4n) is 2.14. The molecule has 3 aromatic rings. The van der Waals surface area contributed by atoms with E-state index in [2.05, 4.69) is 9.97 Å². The summed E-state index contributed by atoms with van der Waals surface area (Å²) >= 11 is 0. The lowest BCUT2D eigenvalue weighted by molar-refractivity contribution is -0.192. The average Bonchev–Trinajstić information content (AvgIpc) is 2.88. The first-order chi connectivity index (χ1) is 12.1. The number of nitrogens with zero attached hydrogens (tertiary/aromatic N) is 2. The van der Waals surface area contributed by atoms with Crippen molar-refractivity contribution in [2.75, 3.05) is 0 Å². The first kappa shape index (κ1) is 19.2. The van der Waals surface area contributed by atoms with Crippen molar-refractivity contribution in [2.45, 2.75) is 12.7 Å². The van der Waals surface area contributed by atoms with Gasteiger partial charge in [-0.15, -0.1) is 0 Å². The number of aryl methyl sites for hydroxylation is 1. The quantitative estimate of drug-likeness (QED) is 0.640. The minimum absolute atomic E-state index is 0.115. The molecule has 0 radical (unpaired) electrons. The van der Waals surface area contributed by atoms with E-state index in [0.717, 1.165) is 27.9 Å². The number of carboxylic acids is 1. The van der Waals surface area contributed by atoms with E-state index in [1.807, 2.05) is 30.3 Å². The molecule has 10 heteroatoms. The third-order valence-electron chi connectivity index (χ3n) is 3.50. The number of carboxylic acid groups (broad SMARTS) is 1. The number of benzene rings is 1. The Labute approximate surface area is 144 Å². The lowest BCUT2D eigenvalue weighted by Crippen LogP contribution is -2.21. The Bertz CT molecular complexity index is 992. The van der Waals surface area contributed by atoms with E-state index in [1.54, 1.807) is 17.8 Å². The lowest BCUT2D eigenvalue weighted by atomic mass is 10.1. The number of pyridine rings is 1. The predicted molar refractivity (Wildman–Crippen MR) is 88.4 cm³/mol. The molecule has 0 saturated heterocycles. The van der Waals surface area contributed by atoms with Crippen LogP contribution in [0.4, 0.5) is 13.2 Å². The molecular weight excluding hydrogens is 353 g/mol. The monoisotopic (exact) mass is 368 g/mol. The van der Waals surface area contributed by atoms with Gasteiger partial charge in [-0.1, -0.05) is 6.07 Å². The summed E-state index contributed by atoms with van der Waals surface area (Å²) in [4.78, 5) is 27.6. The van der Waals surface area contributed by atoms with Crippen molar-refractivity contribution in [3.05, 3.63) is 52.6 Å². The molecule has 0 amide bonds. The lowest BCUT2D eigenvalue weighted by Gasteiger charge is -2.04. The summed E-state index contributed by atoms with van der Waals surface area (Å²) < 4.78 is 33.3. The Balaban J connectivity index is 0.000000298. The second kappa shape index (κ2) is 7.40. The maximum Gasteiger partial charge on any atom is 0.490 e. The summed E-state index contributed by atoms with van der Waals surface area (Å²) in [5, 5.41) is 7.12. The van der Waals surface area contributed by atoms with Crippen LogP contribution in [0.1, 0.15) is 5.56 Å². The van der Waals surface area contributed by atoms with E-state index < -0.39 is 12.1 Å². The second-order valence-corrected chi connectivity index (χ2v) is 5.28. The van der Waals surface area contributed by atoms with E-state index in [9.17, 15) is 18.0 Å². The van der Waals surface area contributed by atoms with E-state index >= 15 is 0 Å². The SMILES string of the molecule is Cn1c(=O)[nH]c2ccc(-c3cc(CN)ccn3)cc21.O=C(O)C(F)(F)F. The number of hydrogen-bond donors (Lipinski definition) is 3. The molecule has 26 heavy (non-hydrogen) atoms. The van der Waals surface area contributed by atoms with E-state index in [4.69, 9.17) is 15.6 Å². The molecule has 0 saturated carbocycles. The molecule has 7 nitrogen and oxygen atoms in total. The largest absolute Gasteiger partial charge is 0.490 e. The van der Waals surface area contributed by atoms with Gasteiger partial charge in [0.05, 0.1) is 16.7 Å². The minimum Gasteiger partial charge on any atom is -0.475 e. The molecule has 2 heterocycles. The van der Waals surface area contributed by atoms with Gasteiger partial charge in [-0.05, 0) is 29.8 Å². The molecule has 0 aliphatic carbocycles. The third kappa shape index (κ3) is 4.28. The predicted octanol–water partition coefficient (Wildman–Crippen LogP) is 2.02. The molecule has 0 bridgehead atoms. The van der Waals surface area contributed by atoms with Crippen LogP contribution in [0.5, 0.6) is 0 Å². The van der Waals surface area contributed by atoms with Crippen LogP contribution >= 0.6 is 0 Å². The molecule has 4 N–H and O–H groups in total. The molecule has 2 aromatic heterocycles. The van der Waals surface area contributed by atoms with Crippen molar-refractivity contribution < 1.29 is 23.1 Å². The topological polar surface area (TPSA) is 114 Å². The molecule has 138 valence electrons. The maximum absolute atomic E-state index is 11.6. The van der Waals surface area contributed by atoms with Crippen LogP contribution in [-0.4, -0.2) is 31.8 Å². The molecule has 1 aromatic carbocycles. The maximum atomic E-state index is 11.6. The van der Waals surface area contributed by atoms with Gasteiger partial charge in [0.2, 0.25) is 0 Å². The number of nitrogens with one attached hydrogen (secondary N) is 1. The minimum atomic E-state index is -5.08. The van der Waals surface area contributed by atoms with Crippen LogP contribution in [-0.2, 0) is 18.4 Å². The summed E-state index contributed by atoms with van der Waals surface area (Å²) in [5.74, 6) is -2.76. The number of aliphatic carboxylic acids is 1. The molecule has 0 spiro atoms. The van der Waals surface area contributed by atoms with Gasteiger partial charge < -0.3 is 15.8 Å². The third-order valence-corrected chi connectivity index (χ3v) is 3.50. The van der Waals surface area contributed by atoms with Gasteiger partial charge in [-0.3, -0.25) is 9.55 Å². The summed E-state index contributed by atoms with van der Waals surface area (Å²) in [6.45, 7) is 0.487. The van der Waals surface area contributed by atoms with E-state index in [1.165, 1.54) is 0 Å². The number of halogens is 3. The van der Waals surface area contributed by atoms with Gasteiger partial charge in [0.1, 0.15) is 0 Å². The van der Waals surface area contributed by atoms with Crippen molar-refractivity contribution >= 4 is 17.0 Å². The van der Waals surface area contributed by atoms with Crippen molar-refractivity contribution in [3.63, 3.8) is 0 Å². The molecule has 3 rings (SSSR count). The number of rotatable bonds is 2. The summed E-state index contributed by atoms with van der Waals surface area (Å²) in [5.41, 5.74) is 10.1. The van der Waals surface area contributed by atoms with Gasteiger partial charge in [0, 0.05) is 25.4 Å². The van der Waals surface area contributed by atoms with E-state index in [0.29, 0.717) is 6.54 Å². The Morgan fingerprint density at radius 2 is 1.96 bits per heavy atom. The summed E-state index contributed by atoms with van der Waals surface area (Å²) in [6.07, 6.45) is -3.34. The Morgan fingerprint density at radius 3 is 2.54 bits per heavy atom. The number of nitrogens with two attached hydrogens (primary N) is 1. The highest BCUT2D eigenvalue weighted by atomic mass is 19.4. The molecule has 0 aliphatic rings. The highest BCUT2D eigenvalue weighted by Crippen LogP contribution is 2.21. The van der Waals surface area contributed by atoms with Crippen LogP contribution in [0.2, 0.25) is 0 Å². The van der Waals surface area contributed by atoms with Crippen molar-refractivity contribution in [3.8, 4) is 11.3 Å². The van der Waals surface area contributed by atoms with Gasteiger partial charge in [-0.25, -0.2) is 9.59 Å². The highest BCUT2D eigenvalue weighted by molar-refractivity contribution is 5.81. The smallest absolute Gasteiger partial charge is 0.475 e. The Hall–Kier alpha value is -3.14. The zero-order valence-corrected chi connectivity index (χ0v) is 13.5. The van der Waals surface area contributed by atoms with Gasteiger partial charge >= 0.3 is 17.8 Å². The molecule has 0 fully saturated rings. The fourth-order valence-corrected chi connectivity index (χ4v) is 2.14. The summed E-state index contributed by atoms with van der Waals surface area (Å²) in [7, 11) is 1.74. The zero-order valence-electron chi connectivity index (χ0n) is 13.5. The van der Waals surface area contributed by atoms with Crippen molar-refractivity contribution in [1.82, 2.24) is 14.5 Å². The standard InChI is InChI=1S/C14H14N4O.C2HF3O2/c1-18-13-7-10(2-3-11(13)17-14(18)19)12-6-9(8-15)4-5-16-12;3-2(4,5)1(6)7/h2-7H,8,15H2,1H3,(H,17,19);(H,6,7). The number of fused-ring (bicyclic) bond motifs is 1. The van der Waals surface area contributed by atoms with Crippen molar-refractivity contribution in [2.24, 2.45) is 12.8 Å². The van der Waals surface area contributed by atoms with Crippen LogP contribution < -0.4 is 11.4 Å². The molecular formula is C16H15F3N4O3. The van der Waals surface area contributed by atoms with E-state index in [-0.39, 0.29) is 5.69 Å². The first-order valence-electron chi connectivity index (χ1n) is 7.27. The van der Waals surface area contributed by atoms with Crippen molar-refractivity contribution in [1.29, 1.82) is 0 Å². The van der Waals surface area contributed by atoms with Gasteiger partial charge in [-0.2, -0.15) is 13.2 Å². The number of carbonyl (C=O) groups is 1. The average molecular weight is 368 g/mol. The number of aromatic nitrogens is 3. The number of imidazole rings is 1. The number of aromatic amines is 1. The van der Waals surface area contributed by atoms with Gasteiger partial charge in [0.25, 0.3) is 0 Å². The Kier molecular flexibility index (Phi) is 5.46. The number of alkyl halides is 3. The van der Waals surface area contributed by atoms with Crippen LogP contribution in [0.15, 0.2) is 41.3 Å². The molecule has 0 unspecified atom stereocenters. The number of hydrogen-bond acceptors (Lipinski definition) is 4. The first-order valence-corrected chi connectivity index (χ1v) is 7.27. The molecule has 0 atom stereocenters. The Morgan fingerprint density at radius 1 is 1.31 bits per heavy atom. The van der Waals surface area contributed by atoms with Gasteiger partial charge in [0.15, 0.2) is 0 Å². The summed E-state index contributed by atoms with van der Waals surface area (Å²) in [6, 6.07) is 9.65. The normalized spacial score (nSPS) is 11.1.